The van der Waals surface area contributed by atoms with Crippen LogP contribution in [0, 0.1) is 6.92 Å². The number of rotatable bonds is 5. The molecule has 134 valence electrons. The molecule has 25 heavy (non-hydrogen) atoms. The van der Waals surface area contributed by atoms with Crippen LogP contribution in [0.5, 0.6) is 0 Å². The van der Waals surface area contributed by atoms with Gasteiger partial charge < -0.3 is 9.64 Å². The molecule has 0 unspecified atom stereocenters. The van der Waals surface area contributed by atoms with E-state index in [9.17, 15) is 4.79 Å². The van der Waals surface area contributed by atoms with E-state index >= 15 is 0 Å². The van der Waals surface area contributed by atoms with Crippen LogP contribution in [-0.4, -0.2) is 57.4 Å². The minimum atomic E-state index is 0.0438. The predicted molar refractivity (Wildman–Crippen MR) is 94.1 cm³/mol. The molecule has 0 saturated carbocycles. The topological polar surface area (TPSA) is 73.1 Å². The third-order valence-electron chi connectivity index (χ3n) is 4.60. The van der Waals surface area contributed by atoms with E-state index in [1.54, 1.807) is 13.3 Å². The van der Waals surface area contributed by atoms with Crippen LogP contribution in [0.15, 0.2) is 18.3 Å². The fraction of sp³-hybridized carbons (Fsp3) is 0.556. The smallest absolute Gasteiger partial charge is 0.248 e. The Morgan fingerprint density at radius 3 is 3.00 bits per heavy atom. The summed E-state index contributed by atoms with van der Waals surface area (Å²) in [6.45, 7) is 6.38. The second-order valence-electron chi connectivity index (χ2n) is 6.37. The Bertz CT molecular complexity index is 743. The quantitative estimate of drug-likeness (QED) is 0.830. The van der Waals surface area contributed by atoms with Gasteiger partial charge in [0.1, 0.15) is 12.4 Å². The monoisotopic (exact) mass is 343 g/mol. The third-order valence-corrected chi connectivity index (χ3v) is 4.60. The lowest BCUT2D eigenvalue weighted by atomic mass is 9.93. The van der Waals surface area contributed by atoms with Crippen LogP contribution in [0.2, 0.25) is 0 Å². The Kier molecular flexibility index (Phi) is 5.43. The molecule has 0 radical (unpaired) electrons. The van der Waals surface area contributed by atoms with Crippen molar-refractivity contribution < 1.29 is 9.53 Å². The van der Waals surface area contributed by atoms with Crippen molar-refractivity contribution in [3.63, 3.8) is 0 Å². The van der Waals surface area contributed by atoms with Crippen LogP contribution in [0.3, 0.4) is 0 Å². The number of aromatic nitrogens is 4. The van der Waals surface area contributed by atoms with Crippen LogP contribution in [0.1, 0.15) is 37.2 Å². The average Bonchev–Trinajstić information content (AvgIpc) is 3.10. The van der Waals surface area contributed by atoms with Crippen molar-refractivity contribution in [1.29, 1.82) is 0 Å². The average molecular weight is 343 g/mol. The molecule has 0 N–H and O–H groups in total. The van der Waals surface area contributed by atoms with Gasteiger partial charge in [-0.25, -0.2) is 9.97 Å². The van der Waals surface area contributed by atoms with Crippen molar-refractivity contribution in [2.24, 2.45) is 0 Å². The lowest BCUT2D eigenvalue weighted by molar-refractivity contribution is -0.136. The van der Waals surface area contributed by atoms with Gasteiger partial charge in [0.15, 0.2) is 0 Å². The van der Waals surface area contributed by atoms with Crippen LogP contribution in [-0.2, 0) is 16.1 Å². The summed E-state index contributed by atoms with van der Waals surface area (Å²) in [5.41, 5.74) is 2.89. The standard InChI is InChI=1S/C18H25N5O2/c1-4-23-17(7-8-19-23)16-10-15(20-13(2)21-16)14-6-5-9-22(11-14)18(24)12-25-3/h7-8,10,14H,4-6,9,11-12H2,1-3H3/t14-/m0/s1. The number of hydrogen-bond donors (Lipinski definition) is 0. The molecule has 0 aromatic carbocycles. The zero-order valence-electron chi connectivity index (χ0n) is 15.1. The Labute approximate surface area is 148 Å². The van der Waals surface area contributed by atoms with Crippen molar-refractivity contribution in [3.8, 4) is 11.4 Å². The normalized spacial score (nSPS) is 17.7. The Morgan fingerprint density at radius 2 is 2.24 bits per heavy atom. The lowest BCUT2D eigenvalue weighted by Crippen LogP contribution is -2.41. The van der Waals surface area contributed by atoms with Gasteiger partial charge in [-0.1, -0.05) is 0 Å². The third kappa shape index (κ3) is 3.87. The number of hydrogen-bond acceptors (Lipinski definition) is 5. The molecule has 1 aliphatic rings. The zero-order chi connectivity index (χ0) is 17.8. The number of aryl methyl sites for hydroxylation is 2. The first-order valence-electron chi connectivity index (χ1n) is 8.76. The van der Waals surface area contributed by atoms with E-state index in [1.807, 2.05) is 28.6 Å². The van der Waals surface area contributed by atoms with Gasteiger partial charge in [-0.3, -0.25) is 9.48 Å². The number of likely N-dealkylation sites (tertiary alicyclic amines) is 1. The molecule has 1 aliphatic heterocycles. The van der Waals surface area contributed by atoms with E-state index in [2.05, 4.69) is 22.0 Å². The highest BCUT2D eigenvalue weighted by molar-refractivity contribution is 5.77. The summed E-state index contributed by atoms with van der Waals surface area (Å²) in [6, 6.07) is 4.02. The molecular weight excluding hydrogens is 318 g/mol. The summed E-state index contributed by atoms with van der Waals surface area (Å²) in [5, 5.41) is 4.33. The highest BCUT2D eigenvalue weighted by atomic mass is 16.5. The predicted octanol–water partition coefficient (Wildman–Crippen LogP) is 2.02. The summed E-state index contributed by atoms with van der Waals surface area (Å²) >= 11 is 0. The maximum atomic E-state index is 12.1. The molecule has 7 heteroatoms. The second-order valence-corrected chi connectivity index (χ2v) is 6.37. The molecule has 3 heterocycles. The number of ether oxygens (including phenoxy) is 1. The van der Waals surface area contributed by atoms with Gasteiger partial charge in [-0.05, 0) is 38.8 Å². The van der Waals surface area contributed by atoms with E-state index in [-0.39, 0.29) is 18.4 Å². The van der Waals surface area contributed by atoms with Crippen LogP contribution < -0.4 is 0 Å². The first kappa shape index (κ1) is 17.5. The molecule has 1 fully saturated rings. The number of piperidine rings is 1. The minimum Gasteiger partial charge on any atom is -0.375 e. The second kappa shape index (κ2) is 7.74. The first-order chi connectivity index (χ1) is 12.1. The van der Waals surface area contributed by atoms with E-state index in [0.29, 0.717) is 6.54 Å². The number of nitrogens with zero attached hydrogens (tertiary/aromatic N) is 5. The fourth-order valence-electron chi connectivity index (χ4n) is 3.39. The molecule has 0 spiro atoms. The fourth-order valence-corrected chi connectivity index (χ4v) is 3.39. The van der Waals surface area contributed by atoms with Crippen LogP contribution in [0.25, 0.3) is 11.4 Å². The van der Waals surface area contributed by atoms with Crippen LogP contribution in [0.4, 0.5) is 0 Å². The molecule has 3 rings (SSSR count). The number of methoxy groups -OCH3 is 1. The lowest BCUT2D eigenvalue weighted by Gasteiger charge is -2.32. The van der Waals surface area contributed by atoms with Crippen LogP contribution >= 0.6 is 0 Å². The van der Waals surface area contributed by atoms with Crippen molar-refractivity contribution in [2.45, 2.75) is 39.2 Å². The molecule has 7 nitrogen and oxygen atoms in total. The van der Waals surface area contributed by atoms with Gasteiger partial charge in [-0.2, -0.15) is 5.10 Å². The Balaban J connectivity index is 1.86. The molecule has 1 atom stereocenters. The maximum Gasteiger partial charge on any atom is 0.248 e. The molecule has 0 aliphatic carbocycles. The zero-order valence-corrected chi connectivity index (χ0v) is 15.1. The van der Waals surface area contributed by atoms with Gasteiger partial charge in [0.05, 0.1) is 11.4 Å². The number of amides is 1. The highest BCUT2D eigenvalue weighted by Gasteiger charge is 2.26. The van der Waals surface area contributed by atoms with E-state index in [4.69, 9.17) is 4.74 Å². The molecule has 2 aromatic heterocycles. The summed E-state index contributed by atoms with van der Waals surface area (Å²) in [6.07, 6.45) is 3.80. The van der Waals surface area contributed by atoms with Gasteiger partial charge >= 0.3 is 0 Å². The van der Waals surface area contributed by atoms with Gasteiger partial charge in [-0.15, -0.1) is 0 Å². The Morgan fingerprint density at radius 1 is 1.40 bits per heavy atom. The SMILES string of the molecule is CCn1nccc1-c1cc([C@H]2CCCN(C(=O)COC)C2)nc(C)n1. The summed E-state index contributed by atoms with van der Waals surface area (Å²) < 4.78 is 6.92. The number of carbonyl (C=O) groups excluding carboxylic acids is 1. The molecule has 1 amide bonds. The van der Waals surface area contributed by atoms with E-state index in [0.717, 1.165) is 48.8 Å². The summed E-state index contributed by atoms with van der Waals surface area (Å²) in [5.74, 6) is 1.02. The first-order valence-corrected chi connectivity index (χ1v) is 8.76. The van der Waals surface area contributed by atoms with Gasteiger partial charge in [0, 0.05) is 44.6 Å². The van der Waals surface area contributed by atoms with Crippen molar-refractivity contribution in [3.05, 3.63) is 29.8 Å². The number of carbonyl (C=O) groups is 1. The molecule has 0 bridgehead atoms. The molecule has 2 aromatic rings. The van der Waals surface area contributed by atoms with E-state index in [1.165, 1.54) is 0 Å². The molecule has 1 saturated heterocycles. The minimum absolute atomic E-state index is 0.0438. The summed E-state index contributed by atoms with van der Waals surface area (Å²) in [7, 11) is 1.55. The van der Waals surface area contributed by atoms with E-state index < -0.39 is 0 Å². The molecular formula is C18H25N5O2. The summed E-state index contributed by atoms with van der Waals surface area (Å²) in [4.78, 5) is 23.3. The van der Waals surface area contributed by atoms with Gasteiger partial charge in [0.25, 0.3) is 0 Å². The van der Waals surface area contributed by atoms with Crippen molar-refractivity contribution in [1.82, 2.24) is 24.6 Å². The van der Waals surface area contributed by atoms with Gasteiger partial charge in [0.2, 0.25) is 5.91 Å². The van der Waals surface area contributed by atoms with Crippen molar-refractivity contribution >= 4 is 5.91 Å². The van der Waals surface area contributed by atoms with Crippen molar-refractivity contribution in [2.75, 3.05) is 26.8 Å². The highest BCUT2D eigenvalue weighted by Crippen LogP contribution is 2.28. The Hall–Kier alpha value is -2.28. The largest absolute Gasteiger partial charge is 0.375 e. The maximum absolute atomic E-state index is 12.1.